The molecule has 2 rings (SSSR count). The zero-order valence-corrected chi connectivity index (χ0v) is 18.8. The van der Waals surface area contributed by atoms with Crippen molar-refractivity contribution < 1.29 is 10.2 Å². The molecule has 2 N–H and O–H groups in total. The Labute approximate surface area is 163 Å². The molecule has 2 heteroatoms. The number of aliphatic hydroxyl groups excluding tert-OH is 2. The Bertz CT molecular complexity index is 418. The minimum absolute atomic E-state index is 0.136. The van der Waals surface area contributed by atoms with E-state index < -0.39 is 0 Å². The van der Waals surface area contributed by atoms with Gasteiger partial charge in [-0.15, -0.1) is 0 Å². The summed E-state index contributed by atoms with van der Waals surface area (Å²) in [6.07, 6.45) is 7.51. The van der Waals surface area contributed by atoms with Gasteiger partial charge in [-0.3, -0.25) is 0 Å². The molecule has 6 unspecified atom stereocenters. The summed E-state index contributed by atoms with van der Waals surface area (Å²) in [6, 6.07) is 0. The lowest BCUT2D eigenvalue weighted by molar-refractivity contribution is -0.0828. The Morgan fingerprint density at radius 1 is 0.654 bits per heavy atom. The van der Waals surface area contributed by atoms with Crippen molar-refractivity contribution in [2.24, 2.45) is 39.9 Å². The summed E-state index contributed by atoms with van der Waals surface area (Å²) < 4.78 is 0. The van der Waals surface area contributed by atoms with Gasteiger partial charge >= 0.3 is 0 Å². The predicted molar refractivity (Wildman–Crippen MR) is 111 cm³/mol. The molecule has 0 heterocycles. The van der Waals surface area contributed by atoms with Crippen LogP contribution < -0.4 is 0 Å². The van der Waals surface area contributed by atoms with Crippen LogP contribution in [0.1, 0.15) is 100 Å². The Morgan fingerprint density at radius 2 is 1.00 bits per heavy atom. The lowest BCUT2D eigenvalue weighted by Gasteiger charge is -2.53. The second kappa shape index (κ2) is 7.74. The van der Waals surface area contributed by atoms with Crippen LogP contribution in [0.4, 0.5) is 0 Å². The average molecular weight is 367 g/mol. The van der Waals surface area contributed by atoms with E-state index in [-0.39, 0.29) is 23.0 Å². The van der Waals surface area contributed by atoms with Crippen molar-refractivity contribution in [1.29, 1.82) is 0 Å². The molecule has 154 valence electrons. The van der Waals surface area contributed by atoms with Crippen molar-refractivity contribution in [3.05, 3.63) is 0 Å². The predicted octanol–water partition coefficient (Wildman–Crippen LogP) is 6.05. The smallest absolute Gasteiger partial charge is 0.0573 e. The molecule has 0 aliphatic heterocycles. The summed E-state index contributed by atoms with van der Waals surface area (Å²) in [5.74, 6) is 2.20. The van der Waals surface area contributed by atoms with Gasteiger partial charge in [-0.25, -0.2) is 0 Å². The second-order valence-corrected chi connectivity index (χ2v) is 12.0. The molecule has 0 bridgehead atoms. The van der Waals surface area contributed by atoms with Gasteiger partial charge in [0.05, 0.1) is 12.2 Å². The van der Waals surface area contributed by atoms with Crippen LogP contribution in [0.5, 0.6) is 0 Å². The van der Waals surface area contributed by atoms with Crippen LogP contribution in [0.3, 0.4) is 0 Å². The first-order chi connectivity index (χ1) is 11.8. The summed E-state index contributed by atoms with van der Waals surface area (Å²) >= 11 is 0. The van der Waals surface area contributed by atoms with Gasteiger partial charge in [0.25, 0.3) is 0 Å². The highest BCUT2D eigenvalue weighted by Gasteiger charge is 2.49. The molecular formula is C24H46O2. The molecule has 2 saturated carbocycles. The summed E-state index contributed by atoms with van der Waals surface area (Å²) in [6.45, 7) is 18.6. The topological polar surface area (TPSA) is 40.5 Å². The lowest BCUT2D eigenvalue weighted by atomic mass is 9.53. The third-order valence-electron chi connectivity index (χ3n) is 8.48. The zero-order valence-electron chi connectivity index (χ0n) is 18.8. The molecule has 26 heavy (non-hydrogen) atoms. The van der Waals surface area contributed by atoms with Crippen LogP contribution >= 0.6 is 0 Å². The fourth-order valence-corrected chi connectivity index (χ4v) is 6.28. The quantitative estimate of drug-likeness (QED) is 0.638. The summed E-state index contributed by atoms with van der Waals surface area (Å²) in [5, 5.41) is 21.2. The highest BCUT2D eigenvalue weighted by molar-refractivity contribution is 4.99. The van der Waals surface area contributed by atoms with E-state index in [1.807, 2.05) is 0 Å². The van der Waals surface area contributed by atoms with Crippen LogP contribution in [0, 0.1) is 39.9 Å². The Hall–Kier alpha value is -0.0800. The maximum Gasteiger partial charge on any atom is 0.0573 e. The minimum Gasteiger partial charge on any atom is -0.393 e. The van der Waals surface area contributed by atoms with E-state index in [0.717, 1.165) is 38.5 Å². The van der Waals surface area contributed by atoms with Crippen molar-refractivity contribution in [2.45, 2.75) is 113 Å². The maximum atomic E-state index is 10.6. The molecule has 0 saturated heterocycles. The van der Waals surface area contributed by atoms with Gasteiger partial charge in [0.2, 0.25) is 0 Å². The normalized spacial score (nSPS) is 39.5. The molecule has 6 atom stereocenters. The van der Waals surface area contributed by atoms with Gasteiger partial charge < -0.3 is 10.2 Å². The zero-order chi connectivity index (χ0) is 19.9. The minimum atomic E-state index is -0.136. The van der Waals surface area contributed by atoms with Gasteiger partial charge in [-0.1, -0.05) is 61.8 Å². The molecule has 2 nitrogen and oxygen atoms in total. The average Bonchev–Trinajstić information content (AvgIpc) is 2.52. The SMILES string of the molecule is CCC(C)(C1CCC(O)C(C(C)(C)C)C1)C1CCC(O)C(C(C)(C)C)C1. The van der Waals surface area contributed by atoms with Crippen LogP contribution in [-0.4, -0.2) is 22.4 Å². The van der Waals surface area contributed by atoms with Gasteiger partial charge in [-0.2, -0.15) is 0 Å². The van der Waals surface area contributed by atoms with Gasteiger partial charge in [-0.05, 0) is 78.4 Å². The highest BCUT2D eigenvalue weighted by Crippen LogP contribution is 2.55. The lowest BCUT2D eigenvalue weighted by Crippen LogP contribution is -2.48. The van der Waals surface area contributed by atoms with E-state index in [4.69, 9.17) is 0 Å². The highest BCUT2D eigenvalue weighted by atomic mass is 16.3. The summed E-state index contributed by atoms with van der Waals surface area (Å²) in [4.78, 5) is 0. The second-order valence-electron chi connectivity index (χ2n) is 12.0. The number of rotatable bonds is 3. The third-order valence-corrected chi connectivity index (χ3v) is 8.48. The molecule has 2 aliphatic rings. The number of hydrogen-bond donors (Lipinski definition) is 2. The van der Waals surface area contributed by atoms with E-state index in [1.54, 1.807) is 0 Å². The standard InChI is InChI=1S/C24H46O2/c1-9-24(8,16-10-12-20(25)18(14-16)22(2,3)4)17-11-13-21(26)19(15-17)23(5,6)7/h16-21,25-26H,9-15H2,1-8H3. The van der Waals surface area contributed by atoms with Crippen molar-refractivity contribution >= 4 is 0 Å². The third kappa shape index (κ3) is 4.49. The van der Waals surface area contributed by atoms with Crippen molar-refractivity contribution in [3.8, 4) is 0 Å². The van der Waals surface area contributed by atoms with E-state index >= 15 is 0 Å². The van der Waals surface area contributed by atoms with Crippen LogP contribution in [0.2, 0.25) is 0 Å². The first-order valence-corrected chi connectivity index (χ1v) is 11.2. The molecule has 0 aromatic rings. The monoisotopic (exact) mass is 366 g/mol. The number of hydrogen-bond acceptors (Lipinski definition) is 2. The van der Waals surface area contributed by atoms with E-state index in [0.29, 0.717) is 29.1 Å². The number of aliphatic hydroxyl groups is 2. The van der Waals surface area contributed by atoms with Gasteiger partial charge in [0, 0.05) is 0 Å². The van der Waals surface area contributed by atoms with Crippen molar-refractivity contribution in [1.82, 2.24) is 0 Å². The first kappa shape index (κ1) is 22.2. The van der Waals surface area contributed by atoms with Crippen molar-refractivity contribution in [3.63, 3.8) is 0 Å². The van der Waals surface area contributed by atoms with Gasteiger partial charge in [0.1, 0.15) is 0 Å². The first-order valence-electron chi connectivity index (χ1n) is 11.2. The molecule has 0 amide bonds. The van der Waals surface area contributed by atoms with Gasteiger partial charge in [0.15, 0.2) is 0 Å². The molecule has 0 spiro atoms. The summed E-state index contributed by atoms with van der Waals surface area (Å²) in [7, 11) is 0. The molecule has 2 aliphatic carbocycles. The molecule has 0 radical (unpaired) electrons. The van der Waals surface area contributed by atoms with Crippen LogP contribution in [-0.2, 0) is 0 Å². The van der Waals surface area contributed by atoms with E-state index in [9.17, 15) is 10.2 Å². The van der Waals surface area contributed by atoms with Crippen LogP contribution in [0.25, 0.3) is 0 Å². The molecule has 0 aromatic heterocycles. The fourth-order valence-electron chi connectivity index (χ4n) is 6.28. The maximum absolute atomic E-state index is 10.6. The van der Waals surface area contributed by atoms with E-state index in [2.05, 4.69) is 55.4 Å². The Morgan fingerprint density at radius 3 is 1.27 bits per heavy atom. The summed E-state index contributed by atoms with van der Waals surface area (Å²) in [5.41, 5.74) is 0.667. The molecular weight excluding hydrogens is 320 g/mol. The van der Waals surface area contributed by atoms with Crippen LogP contribution in [0.15, 0.2) is 0 Å². The molecule has 0 aromatic carbocycles. The largest absolute Gasteiger partial charge is 0.393 e. The Balaban J connectivity index is 2.22. The fraction of sp³-hybridized carbons (Fsp3) is 1.00. The van der Waals surface area contributed by atoms with E-state index in [1.165, 1.54) is 6.42 Å². The Kier molecular flexibility index (Phi) is 6.61. The molecule has 2 fully saturated rings. The van der Waals surface area contributed by atoms with Crippen molar-refractivity contribution in [2.75, 3.05) is 0 Å².